The molecule has 2 bridgehead atoms. The first-order valence-electron chi connectivity index (χ1n) is 6.04. The van der Waals surface area contributed by atoms with Crippen LogP contribution < -0.4 is 5.32 Å². The minimum absolute atomic E-state index is 0.412. The zero-order valence-corrected chi connectivity index (χ0v) is 11.0. The molecule has 0 radical (unpaired) electrons. The number of rotatable bonds is 3. The SMILES string of the molecule is Clc1cc(Cl)cc(CNC2CC3CCC2O3)c1. The van der Waals surface area contributed by atoms with Gasteiger partial charge in [0.1, 0.15) is 0 Å². The van der Waals surface area contributed by atoms with Crippen molar-refractivity contribution in [2.24, 2.45) is 0 Å². The topological polar surface area (TPSA) is 21.3 Å². The summed E-state index contributed by atoms with van der Waals surface area (Å²) in [5, 5.41) is 4.93. The summed E-state index contributed by atoms with van der Waals surface area (Å²) in [7, 11) is 0. The molecule has 2 nitrogen and oxygen atoms in total. The maximum Gasteiger partial charge on any atom is 0.0733 e. The maximum absolute atomic E-state index is 5.97. The Morgan fingerprint density at radius 2 is 1.94 bits per heavy atom. The summed E-state index contributed by atoms with van der Waals surface area (Å²) >= 11 is 11.9. The molecule has 0 amide bonds. The van der Waals surface area contributed by atoms with Gasteiger partial charge in [0.05, 0.1) is 12.2 Å². The predicted octanol–water partition coefficient (Wildman–Crippen LogP) is 3.40. The van der Waals surface area contributed by atoms with Gasteiger partial charge in [-0.05, 0) is 43.0 Å². The highest BCUT2D eigenvalue weighted by Crippen LogP contribution is 2.34. The molecule has 92 valence electrons. The molecule has 0 aromatic heterocycles. The van der Waals surface area contributed by atoms with Gasteiger partial charge in [-0.25, -0.2) is 0 Å². The molecule has 4 heteroatoms. The van der Waals surface area contributed by atoms with Crippen molar-refractivity contribution in [1.29, 1.82) is 0 Å². The Morgan fingerprint density at radius 1 is 1.18 bits per heavy atom. The molecule has 1 aromatic rings. The van der Waals surface area contributed by atoms with Gasteiger partial charge in [0.15, 0.2) is 0 Å². The second-order valence-electron chi connectivity index (χ2n) is 4.87. The highest BCUT2D eigenvalue weighted by molar-refractivity contribution is 6.34. The molecule has 3 atom stereocenters. The van der Waals surface area contributed by atoms with Gasteiger partial charge < -0.3 is 10.1 Å². The van der Waals surface area contributed by atoms with Crippen LogP contribution in [0.2, 0.25) is 10.0 Å². The van der Waals surface area contributed by atoms with Crippen LogP contribution in [0.25, 0.3) is 0 Å². The lowest BCUT2D eigenvalue weighted by Crippen LogP contribution is -2.36. The average Bonchev–Trinajstić information content (AvgIpc) is 2.86. The molecule has 0 spiro atoms. The van der Waals surface area contributed by atoms with Crippen LogP contribution in [0, 0.1) is 0 Å². The Bertz CT molecular complexity index is 404. The van der Waals surface area contributed by atoms with E-state index >= 15 is 0 Å². The molecular weight excluding hydrogens is 257 g/mol. The third kappa shape index (κ3) is 2.60. The van der Waals surface area contributed by atoms with Crippen LogP contribution in [0.3, 0.4) is 0 Å². The Balaban J connectivity index is 1.60. The zero-order valence-electron chi connectivity index (χ0n) is 9.46. The van der Waals surface area contributed by atoms with Crippen LogP contribution in [0.4, 0.5) is 0 Å². The minimum atomic E-state index is 0.412. The number of fused-ring (bicyclic) bond motifs is 2. The first-order chi connectivity index (χ1) is 8.20. The summed E-state index contributed by atoms with van der Waals surface area (Å²) in [6, 6.07) is 6.16. The predicted molar refractivity (Wildman–Crippen MR) is 69.6 cm³/mol. The van der Waals surface area contributed by atoms with Crippen molar-refractivity contribution in [3.05, 3.63) is 33.8 Å². The van der Waals surface area contributed by atoms with Crippen LogP contribution >= 0.6 is 23.2 Å². The summed E-state index contributed by atoms with van der Waals surface area (Å²) < 4.78 is 5.81. The van der Waals surface area contributed by atoms with Crippen molar-refractivity contribution >= 4 is 23.2 Å². The van der Waals surface area contributed by atoms with E-state index in [1.54, 1.807) is 6.07 Å². The second-order valence-corrected chi connectivity index (χ2v) is 5.75. The van der Waals surface area contributed by atoms with Crippen LogP contribution in [0.15, 0.2) is 18.2 Å². The van der Waals surface area contributed by atoms with Crippen molar-refractivity contribution < 1.29 is 4.74 Å². The summed E-state index contributed by atoms with van der Waals surface area (Å²) in [5.74, 6) is 0. The van der Waals surface area contributed by atoms with Gasteiger partial charge in [0.2, 0.25) is 0 Å². The lowest BCUT2D eigenvalue weighted by molar-refractivity contribution is 0.0973. The van der Waals surface area contributed by atoms with Gasteiger partial charge >= 0.3 is 0 Å². The third-order valence-electron chi connectivity index (χ3n) is 3.60. The number of benzene rings is 1. The molecule has 2 saturated heterocycles. The van der Waals surface area contributed by atoms with Crippen LogP contribution in [-0.2, 0) is 11.3 Å². The summed E-state index contributed by atoms with van der Waals surface area (Å²) in [4.78, 5) is 0. The van der Waals surface area contributed by atoms with Gasteiger partial charge in [0, 0.05) is 22.6 Å². The fourth-order valence-corrected chi connectivity index (χ4v) is 3.39. The van der Waals surface area contributed by atoms with Crippen LogP contribution in [0.5, 0.6) is 0 Å². The number of halogens is 2. The molecule has 2 fully saturated rings. The summed E-state index contributed by atoms with van der Waals surface area (Å²) in [6.07, 6.45) is 4.46. The molecule has 1 aromatic carbocycles. The smallest absolute Gasteiger partial charge is 0.0733 e. The van der Waals surface area contributed by atoms with Crippen molar-refractivity contribution in [3.63, 3.8) is 0 Å². The zero-order chi connectivity index (χ0) is 11.8. The highest BCUT2D eigenvalue weighted by Gasteiger charge is 2.40. The second kappa shape index (κ2) is 4.77. The van der Waals surface area contributed by atoms with Crippen LogP contribution in [-0.4, -0.2) is 18.2 Å². The van der Waals surface area contributed by atoms with Gasteiger partial charge in [-0.1, -0.05) is 23.2 Å². The molecule has 2 aliphatic rings. The lowest BCUT2D eigenvalue weighted by Gasteiger charge is -2.20. The molecule has 1 N–H and O–H groups in total. The summed E-state index contributed by atoms with van der Waals surface area (Å²) in [6.45, 7) is 0.803. The lowest BCUT2D eigenvalue weighted by atomic mass is 9.95. The normalized spacial score (nSPS) is 31.1. The first-order valence-corrected chi connectivity index (χ1v) is 6.80. The molecule has 17 heavy (non-hydrogen) atoms. The van der Waals surface area contributed by atoms with E-state index in [9.17, 15) is 0 Å². The monoisotopic (exact) mass is 271 g/mol. The number of nitrogens with one attached hydrogen (secondary N) is 1. The number of hydrogen-bond acceptors (Lipinski definition) is 2. The van der Waals surface area contributed by atoms with E-state index in [0.717, 1.165) is 18.5 Å². The van der Waals surface area contributed by atoms with Crippen molar-refractivity contribution in [3.8, 4) is 0 Å². The van der Waals surface area contributed by atoms with Gasteiger partial charge in [-0.3, -0.25) is 0 Å². The molecule has 3 rings (SSSR count). The Labute approximate surface area is 111 Å². The van der Waals surface area contributed by atoms with Gasteiger partial charge in [-0.2, -0.15) is 0 Å². The van der Waals surface area contributed by atoms with E-state index in [0.29, 0.717) is 28.3 Å². The molecule has 0 saturated carbocycles. The van der Waals surface area contributed by atoms with E-state index < -0.39 is 0 Å². The molecule has 2 aliphatic heterocycles. The largest absolute Gasteiger partial charge is 0.373 e. The molecule has 0 aliphatic carbocycles. The number of ether oxygens (including phenoxy) is 1. The minimum Gasteiger partial charge on any atom is -0.373 e. The summed E-state index contributed by atoms with van der Waals surface area (Å²) in [5.41, 5.74) is 1.13. The Morgan fingerprint density at radius 3 is 2.53 bits per heavy atom. The first kappa shape index (κ1) is 11.8. The van der Waals surface area contributed by atoms with Crippen molar-refractivity contribution in [2.75, 3.05) is 0 Å². The fourth-order valence-electron chi connectivity index (χ4n) is 2.81. The van der Waals surface area contributed by atoms with Crippen molar-refractivity contribution in [1.82, 2.24) is 5.32 Å². The van der Waals surface area contributed by atoms with Crippen molar-refractivity contribution in [2.45, 2.75) is 44.1 Å². The maximum atomic E-state index is 5.97. The third-order valence-corrected chi connectivity index (χ3v) is 4.03. The van der Waals surface area contributed by atoms with E-state index in [-0.39, 0.29) is 0 Å². The van der Waals surface area contributed by atoms with Gasteiger partial charge in [0.25, 0.3) is 0 Å². The standard InChI is InChI=1S/C13H15Cl2NO/c14-9-3-8(4-10(15)5-9)7-16-12-6-11-1-2-13(12)17-11/h3-5,11-13,16H,1-2,6-7H2. The quantitative estimate of drug-likeness (QED) is 0.910. The van der Waals surface area contributed by atoms with E-state index in [1.165, 1.54) is 12.8 Å². The van der Waals surface area contributed by atoms with E-state index in [2.05, 4.69) is 5.32 Å². The van der Waals surface area contributed by atoms with E-state index in [1.807, 2.05) is 12.1 Å². The molecule has 2 heterocycles. The average molecular weight is 272 g/mol. The molecular formula is C13H15Cl2NO. The van der Waals surface area contributed by atoms with E-state index in [4.69, 9.17) is 27.9 Å². The number of hydrogen-bond donors (Lipinski definition) is 1. The van der Waals surface area contributed by atoms with Gasteiger partial charge in [-0.15, -0.1) is 0 Å². The Kier molecular flexibility index (Phi) is 3.31. The molecule has 3 unspecified atom stereocenters. The fraction of sp³-hybridized carbons (Fsp3) is 0.538. The Hall–Kier alpha value is -0.280. The van der Waals surface area contributed by atoms with Crippen LogP contribution in [0.1, 0.15) is 24.8 Å². The highest BCUT2D eigenvalue weighted by atomic mass is 35.5.